The van der Waals surface area contributed by atoms with Gasteiger partial charge in [-0.05, 0) is 12.3 Å². The number of aliphatic hydroxyl groups is 1. The van der Waals surface area contributed by atoms with Gasteiger partial charge in [0, 0.05) is 0 Å². The standard InChI is InChI=1S/C19H38O3/c1-3-17(2)15-13-11-9-7-5-4-6-8-10-12-14-16-18(20)19(21)22/h17-18,20H,3-16H2,1-2H3,(H,21,22)/t17-,18+/m0/s1. The van der Waals surface area contributed by atoms with E-state index in [9.17, 15) is 4.79 Å². The molecule has 0 unspecified atom stereocenters. The number of rotatable bonds is 16. The maximum atomic E-state index is 10.4. The average Bonchev–Trinajstić information content (AvgIpc) is 2.51. The third-order valence-electron chi connectivity index (χ3n) is 4.66. The molecule has 3 nitrogen and oxygen atoms in total. The van der Waals surface area contributed by atoms with Crippen LogP contribution in [0, 0.1) is 5.92 Å². The number of aliphatic carboxylic acids is 1. The summed E-state index contributed by atoms with van der Waals surface area (Å²) in [7, 11) is 0. The van der Waals surface area contributed by atoms with E-state index in [1.807, 2.05) is 0 Å². The molecule has 0 aromatic heterocycles. The zero-order valence-corrected chi connectivity index (χ0v) is 14.9. The van der Waals surface area contributed by atoms with Crippen molar-refractivity contribution in [3.8, 4) is 0 Å². The molecule has 0 aromatic rings. The summed E-state index contributed by atoms with van der Waals surface area (Å²) >= 11 is 0. The molecule has 0 bridgehead atoms. The molecule has 0 saturated carbocycles. The first-order valence-corrected chi connectivity index (χ1v) is 9.48. The van der Waals surface area contributed by atoms with Gasteiger partial charge in [0.25, 0.3) is 0 Å². The fourth-order valence-corrected chi connectivity index (χ4v) is 2.75. The largest absolute Gasteiger partial charge is 0.479 e. The summed E-state index contributed by atoms with van der Waals surface area (Å²) < 4.78 is 0. The van der Waals surface area contributed by atoms with Gasteiger partial charge in [0.05, 0.1) is 0 Å². The van der Waals surface area contributed by atoms with Crippen molar-refractivity contribution in [2.75, 3.05) is 0 Å². The summed E-state index contributed by atoms with van der Waals surface area (Å²) in [5.41, 5.74) is 0. The topological polar surface area (TPSA) is 57.5 Å². The van der Waals surface area contributed by atoms with Crippen molar-refractivity contribution in [2.45, 2.75) is 110 Å². The van der Waals surface area contributed by atoms with E-state index in [1.165, 1.54) is 70.6 Å². The van der Waals surface area contributed by atoms with Gasteiger partial charge in [0.15, 0.2) is 6.10 Å². The van der Waals surface area contributed by atoms with Crippen LogP contribution in [0.5, 0.6) is 0 Å². The smallest absolute Gasteiger partial charge is 0.332 e. The first-order chi connectivity index (χ1) is 10.6. The van der Waals surface area contributed by atoms with E-state index < -0.39 is 12.1 Å². The number of hydrogen-bond donors (Lipinski definition) is 2. The van der Waals surface area contributed by atoms with Gasteiger partial charge in [-0.15, -0.1) is 0 Å². The molecule has 0 saturated heterocycles. The molecule has 0 aliphatic heterocycles. The van der Waals surface area contributed by atoms with Gasteiger partial charge in [-0.25, -0.2) is 4.79 Å². The fourth-order valence-electron chi connectivity index (χ4n) is 2.75. The summed E-state index contributed by atoms with van der Waals surface area (Å²) in [5, 5.41) is 17.7. The van der Waals surface area contributed by atoms with Crippen molar-refractivity contribution >= 4 is 5.97 Å². The molecule has 3 heteroatoms. The van der Waals surface area contributed by atoms with Gasteiger partial charge in [-0.2, -0.15) is 0 Å². The Hall–Kier alpha value is -0.570. The molecule has 0 heterocycles. The fraction of sp³-hybridized carbons (Fsp3) is 0.947. The maximum absolute atomic E-state index is 10.4. The summed E-state index contributed by atoms with van der Waals surface area (Å²) in [4.78, 5) is 10.4. The van der Waals surface area contributed by atoms with Crippen LogP contribution in [0.4, 0.5) is 0 Å². The number of carboxylic acid groups (broad SMARTS) is 1. The Balaban J connectivity index is 3.10. The molecule has 22 heavy (non-hydrogen) atoms. The SMILES string of the molecule is CC[C@H](C)CCCCCCCCCCCCC[C@@H](O)C(=O)O. The van der Waals surface area contributed by atoms with E-state index in [0.29, 0.717) is 6.42 Å². The molecule has 0 amide bonds. The average molecular weight is 315 g/mol. The third kappa shape index (κ3) is 14.4. The predicted molar refractivity (Wildman–Crippen MR) is 93.1 cm³/mol. The Morgan fingerprint density at radius 2 is 1.14 bits per heavy atom. The summed E-state index contributed by atoms with van der Waals surface area (Å²) in [6, 6.07) is 0. The van der Waals surface area contributed by atoms with Crippen molar-refractivity contribution in [1.29, 1.82) is 0 Å². The van der Waals surface area contributed by atoms with Crippen LogP contribution in [-0.4, -0.2) is 22.3 Å². The minimum atomic E-state index is -1.17. The molecule has 0 aliphatic rings. The van der Waals surface area contributed by atoms with E-state index in [2.05, 4.69) is 13.8 Å². The molecule has 0 radical (unpaired) electrons. The van der Waals surface area contributed by atoms with Crippen LogP contribution in [0.3, 0.4) is 0 Å². The molecular weight excluding hydrogens is 276 g/mol. The van der Waals surface area contributed by atoms with Gasteiger partial charge >= 0.3 is 5.97 Å². The van der Waals surface area contributed by atoms with Gasteiger partial charge < -0.3 is 10.2 Å². The molecule has 2 atom stereocenters. The summed E-state index contributed by atoms with van der Waals surface area (Å²) in [6.07, 6.45) is 15.8. The van der Waals surface area contributed by atoms with E-state index in [1.54, 1.807) is 0 Å². The molecule has 0 aliphatic carbocycles. The van der Waals surface area contributed by atoms with Gasteiger partial charge in [-0.1, -0.05) is 97.3 Å². The Bertz CT molecular complexity index is 253. The minimum absolute atomic E-state index is 0.395. The number of carbonyl (C=O) groups is 1. The highest BCUT2D eigenvalue weighted by atomic mass is 16.4. The highest BCUT2D eigenvalue weighted by Crippen LogP contribution is 2.15. The molecular formula is C19H38O3. The normalized spacial score (nSPS) is 14.0. The molecule has 0 rings (SSSR count). The highest BCUT2D eigenvalue weighted by molar-refractivity contribution is 5.71. The Morgan fingerprint density at radius 1 is 0.773 bits per heavy atom. The molecule has 0 spiro atoms. The minimum Gasteiger partial charge on any atom is -0.479 e. The van der Waals surface area contributed by atoms with Gasteiger partial charge in [-0.3, -0.25) is 0 Å². The molecule has 0 fully saturated rings. The zero-order valence-electron chi connectivity index (χ0n) is 14.9. The Labute approximate surface area is 137 Å². The maximum Gasteiger partial charge on any atom is 0.332 e. The van der Waals surface area contributed by atoms with Crippen molar-refractivity contribution < 1.29 is 15.0 Å². The third-order valence-corrected chi connectivity index (χ3v) is 4.66. The van der Waals surface area contributed by atoms with E-state index in [4.69, 9.17) is 10.2 Å². The van der Waals surface area contributed by atoms with Crippen LogP contribution in [0.2, 0.25) is 0 Å². The number of aliphatic hydroxyl groups excluding tert-OH is 1. The van der Waals surface area contributed by atoms with Crippen LogP contribution in [0.25, 0.3) is 0 Å². The van der Waals surface area contributed by atoms with E-state index in [0.717, 1.165) is 18.8 Å². The van der Waals surface area contributed by atoms with Crippen molar-refractivity contribution in [3.05, 3.63) is 0 Å². The number of hydrogen-bond acceptors (Lipinski definition) is 2. The lowest BCUT2D eigenvalue weighted by Gasteiger charge is -2.07. The lowest BCUT2D eigenvalue weighted by Crippen LogP contribution is -2.18. The number of unbranched alkanes of at least 4 members (excludes halogenated alkanes) is 10. The second-order valence-corrected chi connectivity index (χ2v) is 6.83. The first kappa shape index (κ1) is 21.4. The van der Waals surface area contributed by atoms with Crippen LogP contribution in [0.1, 0.15) is 104 Å². The lowest BCUT2D eigenvalue weighted by atomic mass is 9.99. The molecule has 132 valence electrons. The Kier molecular flexibility index (Phi) is 14.9. The zero-order chi connectivity index (χ0) is 16.6. The molecule has 2 N–H and O–H groups in total. The van der Waals surface area contributed by atoms with E-state index >= 15 is 0 Å². The monoisotopic (exact) mass is 314 g/mol. The summed E-state index contributed by atoms with van der Waals surface area (Å²) in [6.45, 7) is 4.63. The lowest BCUT2D eigenvalue weighted by molar-refractivity contribution is -0.146. The highest BCUT2D eigenvalue weighted by Gasteiger charge is 2.11. The first-order valence-electron chi connectivity index (χ1n) is 9.48. The van der Waals surface area contributed by atoms with Crippen LogP contribution in [0.15, 0.2) is 0 Å². The van der Waals surface area contributed by atoms with Crippen LogP contribution in [-0.2, 0) is 4.79 Å². The van der Waals surface area contributed by atoms with Gasteiger partial charge in [0.1, 0.15) is 0 Å². The van der Waals surface area contributed by atoms with Crippen LogP contribution < -0.4 is 0 Å². The quantitative estimate of drug-likeness (QED) is 0.367. The second kappa shape index (κ2) is 15.3. The summed E-state index contributed by atoms with van der Waals surface area (Å²) in [5.74, 6) is -0.194. The van der Waals surface area contributed by atoms with Crippen LogP contribution >= 0.6 is 0 Å². The van der Waals surface area contributed by atoms with E-state index in [-0.39, 0.29) is 0 Å². The molecule has 0 aromatic carbocycles. The Morgan fingerprint density at radius 3 is 1.50 bits per heavy atom. The second-order valence-electron chi connectivity index (χ2n) is 6.83. The number of carboxylic acids is 1. The predicted octanol–water partition coefficient (Wildman–Crippen LogP) is 5.55. The van der Waals surface area contributed by atoms with Crippen molar-refractivity contribution in [3.63, 3.8) is 0 Å². The van der Waals surface area contributed by atoms with Gasteiger partial charge in [0.2, 0.25) is 0 Å². The van der Waals surface area contributed by atoms with Crippen molar-refractivity contribution in [1.82, 2.24) is 0 Å². The van der Waals surface area contributed by atoms with Crippen molar-refractivity contribution in [2.24, 2.45) is 5.92 Å².